The van der Waals surface area contributed by atoms with Crippen molar-refractivity contribution in [2.75, 3.05) is 6.54 Å². The second kappa shape index (κ2) is 6.85. The van der Waals surface area contributed by atoms with Crippen LogP contribution in [0.1, 0.15) is 35.6 Å². The van der Waals surface area contributed by atoms with Gasteiger partial charge in [0.1, 0.15) is 11.3 Å². The summed E-state index contributed by atoms with van der Waals surface area (Å²) >= 11 is 1.43. The largest absolute Gasteiger partial charge is 0.383 e. The van der Waals surface area contributed by atoms with E-state index in [1.54, 1.807) is 6.92 Å². The number of nitrogens with one attached hydrogen (secondary N) is 1. The Hall–Kier alpha value is -1.99. The Morgan fingerprint density at radius 3 is 2.86 bits per heavy atom. The fourth-order valence-electron chi connectivity index (χ4n) is 1.96. The van der Waals surface area contributed by atoms with E-state index in [4.69, 9.17) is 0 Å². The third kappa shape index (κ3) is 3.80. The van der Waals surface area contributed by atoms with Gasteiger partial charge in [0.25, 0.3) is 11.5 Å². The Bertz CT molecular complexity index is 692. The molecule has 0 saturated carbocycles. The lowest BCUT2D eigenvalue weighted by molar-refractivity contribution is 0.0554. The Labute approximate surface area is 132 Å². The standard InChI is InChI=1S/C15H19N3O3S/c1-3-8-18-13(19)7-6-11(17-18)14(20)16-10-15(2,21)12-5-4-9-22-12/h4-7,9,21H,3,8,10H2,1-2H3,(H,16,20). The van der Waals surface area contributed by atoms with E-state index in [0.717, 1.165) is 11.3 Å². The summed E-state index contributed by atoms with van der Waals surface area (Å²) in [5.74, 6) is -0.415. The number of thiophene rings is 1. The van der Waals surface area contributed by atoms with Gasteiger partial charge in [-0.3, -0.25) is 9.59 Å². The van der Waals surface area contributed by atoms with E-state index in [1.165, 1.54) is 28.2 Å². The predicted octanol–water partition coefficient (Wildman–Crippen LogP) is 1.35. The third-order valence-electron chi connectivity index (χ3n) is 3.18. The molecule has 0 fully saturated rings. The average molecular weight is 321 g/mol. The molecule has 0 aliphatic carbocycles. The lowest BCUT2D eigenvalue weighted by atomic mass is 10.1. The first-order chi connectivity index (χ1) is 10.4. The minimum atomic E-state index is -1.14. The molecule has 0 aliphatic heterocycles. The molecule has 0 spiro atoms. The highest BCUT2D eigenvalue weighted by atomic mass is 32.1. The zero-order valence-electron chi connectivity index (χ0n) is 12.6. The van der Waals surface area contributed by atoms with Gasteiger partial charge in [-0.25, -0.2) is 4.68 Å². The molecule has 6 nitrogen and oxygen atoms in total. The number of carbonyl (C=O) groups is 1. The summed E-state index contributed by atoms with van der Waals surface area (Å²) in [6.45, 7) is 4.11. The molecule has 22 heavy (non-hydrogen) atoms. The van der Waals surface area contributed by atoms with Crippen molar-refractivity contribution in [1.29, 1.82) is 0 Å². The van der Waals surface area contributed by atoms with Gasteiger partial charge in [0.05, 0.1) is 6.54 Å². The van der Waals surface area contributed by atoms with E-state index in [1.807, 2.05) is 24.4 Å². The summed E-state index contributed by atoms with van der Waals surface area (Å²) in [5.41, 5.74) is -1.21. The van der Waals surface area contributed by atoms with Crippen LogP contribution in [0.25, 0.3) is 0 Å². The van der Waals surface area contributed by atoms with E-state index in [2.05, 4.69) is 10.4 Å². The summed E-state index contributed by atoms with van der Waals surface area (Å²) in [6.07, 6.45) is 0.755. The quantitative estimate of drug-likeness (QED) is 0.841. The Kier molecular flexibility index (Phi) is 5.10. The second-order valence-corrected chi connectivity index (χ2v) is 6.16. The molecule has 7 heteroatoms. The van der Waals surface area contributed by atoms with Crippen molar-refractivity contribution in [2.24, 2.45) is 0 Å². The van der Waals surface area contributed by atoms with Crippen molar-refractivity contribution in [3.05, 3.63) is 50.6 Å². The summed E-state index contributed by atoms with van der Waals surface area (Å²) in [7, 11) is 0. The van der Waals surface area contributed by atoms with Gasteiger partial charge in [0.15, 0.2) is 0 Å². The molecule has 118 valence electrons. The number of nitrogens with zero attached hydrogens (tertiary/aromatic N) is 2. The number of rotatable bonds is 6. The number of hydrogen-bond acceptors (Lipinski definition) is 5. The Balaban J connectivity index is 2.06. The number of hydrogen-bond donors (Lipinski definition) is 2. The second-order valence-electron chi connectivity index (χ2n) is 5.21. The number of aromatic nitrogens is 2. The summed E-state index contributed by atoms with van der Waals surface area (Å²) in [4.78, 5) is 24.5. The first kappa shape index (κ1) is 16.4. The maximum atomic E-state index is 12.1. The molecule has 2 aromatic heterocycles. The highest BCUT2D eigenvalue weighted by Crippen LogP contribution is 2.24. The maximum Gasteiger partial charge on any atom is 0.271 e. The molecule has 2 aromatic rings. The monoisotopic (exact) mass is 321 g/mol. The number of carbonyl (C=O) groups excluding carboxylic acids is 1. The van der Waals surface area contributed by atoms with Crippen LogP contribution < -0.4 is 10.9 Å². The van der Waals surface area contributed by atoms with E-state index < -0.39 is 11.5 Å². The van der Waals surface area contributed by atoms with Crippen molar-refractivity contribution in [2.45, 2.75) is 32.4 Å². The van der Waals surface area contributed by atoms with Crippen molar-refractivity contribution in [1.82, 2.24) is 15.1 Å². The van der Waals surface area contributed by atoms with Crippen LogP contribution in [-0.2, 0) is 12.1 Å². The van der Waals surface area contributed by atoms with Gasteiger partial charge in [-0.05, 0) is 30.9 Å². The highest BCUT2D eigenvalue weighted by molar-refractivity contribution is 7.10. The number of amides is 1. The van der Waals surface area contributed by atoms with Gasteiger partial charge >= 0.3 is 0 Å². The molecular weight excluding hydrogens is 302 g/mol. The van der Waals surface area contributed by atoms with Crippen molar-refractivity contribution in [3.63, 3.8) is 0 Å². The maximum absolute atomic E-state index is 12.1. The highest BCUT2D eigenvalue weighted by Gasteiger charge is 2.25. The lowest BCUT2D eigenvalue weighted by Crippen LogP contribution is -2.39. The average Bonchev–Trinajstić information content (AvgIpc) is 3.02. The van der Waals surface area contributed by atoms with Gasteiger partial charge in [-0.15, -0.1) is 11.3 Å². The fourth-order valence-corrected chi connectivity index (χ4v) is 2.74. The van der Waals surface area contributed by atoms with Crippen LogP contribution in [-0.4, -0.2) is 27.3 Å². The van der Waals surface area contributed by atoms with Crippen LogP contribution in [0, 0.1) is 0 Å². The van der Waals surface area contributed by atoms with Crippen LogP contribution in [0.4, 0.5) is 0 Å². The molecule has 2 N–H and O–H groups in total. The van der Waals surface area contributed by atoms with Crippen LogP contribution >= 0.6 is 11.3 Å². The molecule has 0 bridgehead atoms. The van der Waals surface area contributed by atoms with Gasteiger partial charge in [0, 0.05) is 17.5 Å². The topological polar surface area (TPSA) is 84.2 Å². The molecule has 0 radical (unpaired) electrons. The van der Waals surface area contributed by atoms with Crippen molar-refractivity contribution >= 4 is 17.2 Å². The Morgan fingerprint density at radius 1 is 1.45 bits per heavy atom. The zero-order chi connectivity index (χ0) is 16.2. The minimum absolute atomic E-state index is 0.0704. The molecule has 1 unspecified atom stereocenters. The van der Waals surface area contributed by atoms with Crippen LogP contribution in [0.5, 0.6) is 0 Å². The van der Waals surface area contributed by atoms with Gasteiger partial charge in [-0.2, -0.15) is 5.10 Å². The molecule has 0 aliphatic rings. The van der Waals surface area contributed by atoms with Gasteiger partial charge < -0.3 is 10.4 Å². The summed E-state index contributed by atoms with van der Waals surface area (Å²) < 4.78 is 1.27. The smallest absolute Gasteiger partial charge is 0.271 e. The Morgan fingerprint density at radius 2 is 2.23 bits per heavy atom. The molecule has 1 amide bonds. The van der Waals surface area contributed by atoms with E-state index in [9.17, 15) is 14.7 Å². The fraction of sp³-hybridized carbons (Fsp3) is 0.400. The van der Waals surface area contributed by atoms with Gasteiger partial charge in [-0.1, -0.05) is 13.0 Å². The van der Waals surface area contributed by atoms with Crippen LogP contribution in [0.15, 0.2) is 34.4 Å². The molecular formula is C15H19N3O3S. The van der Waals surface area contributed by atoms with Crippen LogP contribution in [0.2, 0.25) is 0 Å². The summed E-state index contributed by atoms with van der Waals surface area (Å²) in [6, 6.07) is 6.38. The van der Waals surface area contributed by atoms with Crippen LogP contribution in [0.3, 0.4) is 0 Å². The minimum Gasteiger partial charge on any atom is -0.383 e. The normalized spacial score (nSPS) is 13.6. The summed E-state index contributed by atoms with van der Waals surface area (Å²) in [5, 5.41) is 18.9. The molecule has 0 aromatic carbocycles. The molecule has 1 atom stereocenters. The molecule has 0 saturated heterocycles. The third-order valence-corrected chi connectivity index (χ3v) is 4.30. The number of aliphatic hydroxyl groups is 1. The SMILES string of the molecule is CCCn1nc(C(=O)NCC(C)(O)c2cccs2)ccc1=O. The van der Waals surface area contributed by atoms with Crippen molar-refractivity contribution in [3.8, 4) is 0 Å². The van der Waals surface area contributed by atoms with E-state index >= 15 is 0 Å². The molecule has 2 rings (SSSR count). The first-order valence-corrected chi connectivity index (χ1v) is 7.95. The molecule has 2 heterocycles. The number of aryl methyl sites for hydroxylation is 1. The zero-order valence-corrected chi connectivity index (χ0v) is 13.4. The predicted molar refractivity (Wildman–Crippen MR) is 85.0 cm³/mol. The first-order valence-electron chi connectivity index (χ1n) is 7.07. The van der Waals surface area contributed by atoms with E-state index in [-0.39, 0.29) is 17.8 Å². The van der Waals surface area contributed by atoms with E-state index in [0.29, 0.717) is 6.54 Å². The van der Waals surface area contributed by atoms with Gasteiger partial charge in [0.2, 0.25) is 0 Å². The lowest BCUT2D eigenvalue weighted by Gasteiger charge is -2.22. The van der Waals surface area contributed by atoms with Crippen molar-refractivity contribution < 1.29 is 9.90 Å².